The molecule has 1 amide bonds. The first-order chi connectivity index (χ1) is 14.0. The first-order valence-electron chi connectivity index (χ1n) is 9.74. The van der Waals surface area contributed by atoms with Crippen LogP contribution in [0.4, 0.5) is 14.5 Å². The normalized spacial score (nSPS) is 15.6. The molecule has 0 spiro atoms. The summed E-state index contributed by atoms with van der Waals surface area (Å²) in [5, 5.41) is 0. The fourth-order valence-corrected chi connectivity index (χ4v) is 4.18. The van der Waals surface area contributed by atoms with Gasteiger partial charge >= 0.3 is 0 Å². The van der Waals surface area contributed by atoms with E-state index in [9.17, 15) is 13.6 Å². The molecule has 0 bridgehead atoms. The minimum Gasteiger partial charge on any atom is -0.493 e. The predicted octanol–water partition coefficient (Wildman–Crippen LogP) is 3.32. The van der Waals surface area contributed by atoms with Gasteiger partial charge < -0.3 is 19.3 Å². The Kier molecular flexibility index (Phi) is 5.30. The second kappa shape index (κ2) is 7.89. The maximum absolute atomic E-state index is 13.8. The van der Waals surface area contributed by atoms with Gasteiger partial charge in [-0.15, -0.1) is 0 Å². The molecule has 0 fully saturated rings. The molecule has 29 heavy (non-hydrogen) atoms. The summed E-state index contributed by atoms with van der Waals surface area (Å²) in [5.74, 6) is -0.416. The summed E-state index contributed by atoms with van der Waals surface area (Å²) >= 11 is 0. The van der Waals surface area contributed by atoms with Gasteiger partial charge in [-0.25, -0.2) is 8.78 Å². The van der Waals surface area contributed by atoms with Crippen molar-refractivity contribution in [1.82, 2.24) is 4.90 Å². The molecule has 0 N–H and O–H groups in total. The Balaban J connectivity index is 1.51. The third-order valence-electron chi connectivity index (χ3n) is 5.73. The molecule has 0 aliphatic carbocycles. The van der Waals surface area contributed by atoms with Gasteiger partial charge in [0.1, 0.15) is 0 Å². The molecule has 2 aromatic rings. The van der Waals surface area contributed by atoms with Crippen molar-refractivity contribution in [3.63, 3.8) is 0 Å². The SMILES string of the molecule is COc1cc2c(cc1OC)CN(C(=O)CN1CCCc3cc(F)c(F)cc31)CC2. The van der Waals surface area contributed by atoms with Crippen LogP contribution in [-0.4, -0.2) is 44.7 Å². The zero-order valence-electron chi connectivity index (χ0n) is 16.6. The van der Waals surface area contributed by atoms with Crippen molar-refractivity contribution in [3.8, 4) is 11.5 Å². The van der Waals surface area contributed by atoms with Crippen LogP contribution in [0.25, 0.3) is 0 Å². The number of methoxy groups -OCH3 is 2. The Morgan fingerprint density at radius 1 is 0.931 bits per heavy atom. The predicted molar refractivity (Wildman–Crippen MR) is 106 cm³/mol. The van der Waals surface area contributed by atoms with Crippen molar-refractivity contribution in [1.29, 1.82) is 0 Å². The van der Waals surface area contributed by atoms with E-state index in [1.165, 1.54) is 12.1 Å². The average molecular weight is 402 g/mol. The van der Waals surface area contributed by atoms with E-state index < -0.39 is 11.6 Å². The number of aryl methyl sites for hydroxylation is 1. The molecule has 0 unspecified atom stereocenters. The van der Waals surface area contributed by atoms with Gasteiger partial charge in [0.15, 0.2) is 23.1 Å². The number of nitrogens with zero attached hydrogens (tertiary/aromatic N) is 2. The smallest absolute Gasteiger partial charge is 0.242 e. The van der Waals surface area contributed by atoms with Gasteiger partial charge in [0.05, 0.1) is 20.8 Å². The van der Waals surface area contributed by atoms with Crippen molar-refractivity contribution < 1.29 is 23.0 Å². The fourth-order valence-electron chi connectivity index (χ4n) is 4.18. The Morgan fingerprint density at radius 2 is 1.62 bits per heavy atom. The number of fused-ring (bicyclic) bond motifs is 2. The van der Waals surface area contributed by atoms with E-state index in [1.54, 1.807) is 14.2 Å². The molecular formula is C22H24F2N2O3. The summed E-state index contributed by atoms with van der Waals surface area (Å²) in [6, 6.07) is 6.34. The summed E-state index contributed by atoms with van der Waals surface area (Å²) in [6.45, 7) is 1.91. The van der Waals surface area contributed by atoms with Gasteiger partial charge in [-0.1, -0.05) is 0 Å². The minimum atomic E-state index is -0.879. The van der Waals surface area contributed by atoms with Crippen LogP contribution in [0, 0.1) is 11.6 Å². The van der Waals surface area contributed by atoms with E-state index >= 15 is 0 Å². The molecule has 154 valence electrons. The largest absolute Gasteiger partial charge is 0.493 e. The Labute approximate surface area is 168 Å². The zero-order valence-corrected chi connectivity index (χ0v) is 16.6. The first kappa shape index (κ1) is 19.5. The van der Waals surface area contributed by atoms with Crippen LogP contribution >= 0.6 is 0 Å². The zero-order chi connectivity index (χ0) is 20.5. The molecule has 2 aliphatic heterocycles. The summed E-state index contributed by atoms with van der Waals surface area (Å²) in [7, 11) is 3.19. The summed E-state index contributed by atoms with van der Waals surface area (Å²) in [5.41, 5.74) is 3.55. The third kappa shape index (κ3) is 3.73. The maximum atomic E-state index is 13.8. The third-order valence-corrected chi connectivity index (χ3v) is 5.73. The molecule has 2 aliphatic rings. The second-order valence-corrected chi connectivity index (χ2v) is 7.46. The van der Waals surface area contributed by atoms with Crippen molar-refractivity contribution in [2.45, 2.75) is 25.8 Å². The van der Waals surface area contributed by atoms with Crippen molar-refractivity contribution in [2.24, 2.45) is 0 Å². The number of ether oxygens (including phenoxy) is 2. The van der Waals surface area contributed by atoms with Crippen LogP contribution in [0.3, 0.4) is 0 Å². The van der Waals surface area contributed by atoms with Crippen LogP contribution in [0.1, 0.15) is 23.1 Å². The molecule has 0 atom stereocenters. The highest BCUT2D eigenvalue weighted by atomic mass is 19.2. The molecule has 0 radical (unpaired) electrons. The average Bonchev–Trinajstić information content (AvgIpc) is 2.73. The second-order valence-electron chi connectivity index (χ2n) is 7.46. The van der Waals surface area contributed by atoms with Gasteiger partial charge in [0, 0.05) is 31.4 Å². The van der Waals surface area contributed by atoms with E-state index in [1.807, 2.05) is 21.9 Å². The molecule has 5 nitrogen and oxygen atoms in total. The Morgan fingerprint density at radius 3 is 2.34 bits per heavy atom. The van der Waals surface area contributed by atoms with Crippen molar-refractivity contribution in [3.05, 3.63) is 52.6 Å². The minimum absolute atomic E-state index is 0.0250. The summed E-state index contributed by atoms with van der Waals surface area (Å²) < 4.78 is 38.0. The number of anilines is 1. The van der Waals surface area contributed by atoms with E-state index in [-0.39, 0.29) is 12.5 Å². The summed E-state index contributed by atoms with van der Waals surface area (Å²) in [6.07, 6.45) is 2.24. The number of carbonyl (C=O) groups is 1. The van der Waals surface area contributed by atoms with Gasteiger partial charge in [0.25, 0.3) is 0 Å². The van der Waals surface area contributed by atoms with Crippen LogP contribution in [0.2, 0.25) is 0 Å². The topological polar surface area (TPSA) is 42.0 Å². The molecule has 0 saturated carbocycles. The van der Waals surface area contributed by atoms with Crippen LogP contribution < -0.4 is 14.4 Å². The number of hydrogen-bond donors (Lipinski definition) is 0. The number of hydrogen-bond acceptors (Lipinski definition) is 4. The summed E-state index contributed by atoms with van der Waals surface area (Å²) in [4.78, 5) is 16.6. The molecule has 0 aromatic heterocycles. The standard InChI is InChI=1S/C22H24F2N2O3/c1-28-20-9-14-5-7-26(12-16(14)10-21(20)29-2)22(27)13-25-6-3-4-15-8-17(23)18(24)11-19(15)25/h8-11H,3-7,12-13H2,1-2H3. The monoisotopic (exact) mass is 402 g/mol. The first-order valence-corrected chi connectivity index (χ1v) is 9.74. The molecule has 7 heteroatoms. The highest BCUT2D eigenvalue weighted by Gasteiger charge is 2.27. The molecule has 4 rings (SSSR count). The van der Waals surface area contributed by atoms with E-state index in [0.29, 0.717) is 43.2 Å². The Bertz CT molecular complexity index is 948. The number of rotatable bonds is 4. The van der Waals surface area contributed by atoms with Crippen LogP contribution in [-0.2, 0) is 24.2 Å². The highest BCUT2D eigenvalue weighted by Crippen LogP contribution is 2.34. The molecule has 2 heterocycles. The van der Waals surface area contributed by atoms with Gasteiger partial charge in [0.2, 0.25) is 5.91 Å². The number of carbonyl (C=O) groups excluding carboxylic acids is 1. The van der Waals surface area contributed by atoms with Gasteiger partial charge in [-0.05, 0) is 54.2 Å². The number of halogens is 2. The van der Waals surface area contributed by atoms with Crippen molar-refractivity contribution in [2.75, 3.05) is 38.8 Å². The molecular weight excluding hydrogens is 378 g/mol. The fraction of sp³-hybridized carbons (Fsp3) is 0.409. The van der Waals surface area contributed by atoms with Crippen molar-refractivity contribution >= 4 is 11.6 Å². The lowest BCUT2D eigenvalue weighted by Gasteiger charge is -2.35. The Hall–Kier alpha value is -2.83. The highest BCUT2D eigenvalue weighted by molar-refractivity contribution is 5.82. The van der Waals surface area contributed by atoms with Crippen LogP contribution in [0.15, 0.2) is 24.3 Å². The number of benzene rings is 2. The van der Waals surface area contributed by atoms with Crippen LogP contribution in [0.5, 0.6) is 11.5 Å². The molecule has 0 saturated heterocycles. The lowest BCUT2D eigenvalue weighted by Crippen LogP contribution is -2.44. The van der Waals surface area contributed by atoms with Gasteiger partial charge in [-0.2, -0.15) is 0 Å². The van der Waals surface area contributed by atoms with E-state index in [2.05, 4.69) is 0 Å². The maximum Gasteiger partial charge on any atom is 0.242 e. The molecule has 2 aromatic carbocycles. The van der Waals surface area contributed by atoms with Gasteiger partial charge in [-0.3, -0.25) is 4.79 Å². The number of amides is 1. The van der Waals surface area contributed by atoms with E-state index in [4.69, 9.17) is 9.47 Å². The lowest BCUT2D eigenvalue weighted by atomic mass is 9.98. The van der Waals surface area contributed by atoms with E-state index in [0.717, 1.165) is 29.5 Å². The lowest BCUT2D eigenvalue weighted by molar-refractivity contribution is -0.130. The quantitative estimate of drug-likeness (QED) is 0.787.